The number of rotatable bonds is 6. The normalized spacial score (nSPS) is 11.8. The summed E-state index contributed by atoms with van der Waals surface area (Å²) in [6.45, 7) is 12.9. The van der Waals surface area contributed by atoms with Crippen molar-refractivity contribution >= 4 is 99.5 Å². The molecule has 0 aliphatic rings. The third kappa shape index (κ3) is 5.74. The van der Waals surface area contributed by atoms with E-state index in [9.17, 15) is 0 Å². The van der Waals surface area contributed by atoms with Gasteiger partial charge in [0, 0.05) is 67.2 Å². The second-order valence-electron chi connectivity index (χ2n) is 16.7. The van der Waals surface area contributed by atoms with E-state index in [0.29, 0.717) is 0 Å². The molecule has 9 aromatic carbocycles. The highest BCUT2D eigenvalue weighted by atomic mass is 16.3. The topological polar surface area (TPSA) is 32.8 Å². The molecule has 4 nitrogen and oxygen atoms in total. The van der Waals surface area contributed by atoms with Crippen LogP contribution in [0.1, 0.15) is 33.4 Å². The SMILES string of the molecule is Cc1ccc(N(c2cc(C)cc(C)c2)c2cc3oc4ccc5oc6cc(N(c7ccc(C)cc7)c7cc(C)cc(C)c7)c7ccccc7c6c5c4c3c3ccccc23)cc1. The first-order valence-corrected chi connectivity index (χ1v) is 20.7. The molecule has 0 amide bonds. The maximum Gasteiger partial charge on any atom is 0.138 e. The second-order valence-corrected chi connectivity index (χ2v) is 16.7. The van der Waals surface area contributed by atoms with Crippen molar-refractivity contribution in [1.29, 1.82) is 0 Å². The van der Waals surface area contributed by atoms with Gasteiger partial charge in [0.05, 0.1) is 11.4 Å². The lowest BCUT2D eigenvalue weighted by molar-refractivity contribution is 0.663. The van der Waals surface area contributed by atoms with Gasteiger partial charge in [-0.15, -0.1) is 0 Å². The van der Waals surface area contributed by atoms with Gasteiger partial charge in [0.15, 0.2) is 0 Å². The van der Waals surface area contributed by atoms with E-state index in [0.717, 1.165) is 99.5 Å². The number of fused-ring (bicyclic) bond motifs is 11. The molecule has 0 aliphatic heterocycles. The molecule has 0 radical (unpaired) electrons. The molecule has 0 unspecified atom stereocenters. The average molecular weight is 777 g/mol. The first-order valence-electron chi connectivity index (χ1n) is 20.7. The molecule has 0 bridgehead atoms. The van der Waals surface area contributed by atoms with Gasteiger partial charge < -0.3 is 18.6 Å². The lowest BCUT2D eigenvalue weighted by Crippen LogP contribution is -2.11. The lowest BCUT2D eigenvalue weighted by Gasteiger charge is -2.28. The lowest BCUT2D eigenvalue weighted by atomic mass is 9.96. The fraction of sp³-hybridized carbons (Fsp3) is 0.107. The second kappa shape index (κ2) is 13.6. The molecule has 60 heavy (non-hydrogen) atoms. The summed E-state index contributed by atoms with van der Waals surface area (Å²) in [5, 5.41) is 8.87. The van der Waals surface area contributed by atoms with Crippen molar-refractivity contribution in [3.8, 4) is 0 Å². The Morgan fingerprint density at radius 2 is 0.633 bits per heavy atom. The highest BCUT2D eigenvalue weighted by molar-refractivity contribution is 6.35. The molecule has 11 aromatic rings. The first-order chi connectivity index (χ1) is 29.2. The van der Waals surface area contributed by atoms with E-state index in [1.165, 1.54) is 33.4 Å². The molecule has 0 atom stereocenters. The van der Waals surface area contributed by atoms with Gasteiger partial charge in [-0.05, 0) is 135 Å². The van der Waals surface area contributed by atoms with Crippen LogP contribution in [0.15, 0.2) is 167 Å². The fourth-order valence-corrected chi connectivity index (χ4v) is 9.58. The van der Waals surface area contributed by atoms with Crippen molar-refractivity contribution in [2.24, 2.45) is 0 Å². The Morgan fingerprint density at radius 3 is 1.00 bits per heavy atom. The van der Waals surface area contributed by atoms with Crippen molar-refractivity contribution in [1.82, 2.24) is 0 Å². The largest absolute Gasteiger partial charge is 0.456 e. The first kappa shape index (κ1) is 35.8. The Labute approximate surface area is 349 Å². The molecule has 0 N–H and O–H groups in total. The van der Waals surface area contributed by atoms with Crippen LogP contribution >= 0.6 is 0 Å². The van der Waals surface area contributed by atoms with Crippen LogP contribution in [0.25, 0.3) is 65.4 Å². The molecule has 0 saturated carbocycles. The van der Waals surface area contributed by atoms with E-state index in [2.05, 4.69) is 209 Å². The van der Waals surface area contributed by atoms with Gasteiger partial charge in [-0.2, -0.15) is 0 Å². The molecule has 2 aromatic heterocycles. The minimum absolute atomic E-state index is 0.834. The molecule has 0 saturated heterocycles. The summed E-state index contributed by atoms with van der Waals surface area (Å²) in [6, 6.07) is 57.3. The molecular formula is C56H44N2O2. The summed E-state index contributed by atoms with van der Waals surface area (Å²) >= 11 is 0. The summed E-state index contributed by atoms with van der Waals surface area (Å²) in [4.78, 5) is 4.75. The highest BCUT2D eigenvalue weighted by Gasteiger charge is 2.26. The summed E-state index contributed by atoms with van der Waals surface area (Å²) in [5.41, 5.74) is 17.2. The van der Waals surface area contributed by atoms with E-state index < -0.39 is 0 Å². The van der Waals surface area contributed by atoms with Crippen molar-refractivity contribution in [2.75, 3.05) is 9.80 Å². The van der Waals surface area contributed by atoms with Crippen molar-refractivity contribution < 1.29 is 8.83 Å². The van der Waals surface area contributed by atoms with E-state index in [1.807, 2.05) is 0 Å². The van der Waals surface area contributed by atoms with Crippen molar-refractivity contribution in [3.63, 3.8) is 0 Å². The Balaban J connectivity index is 1.21. The van der Waals surface area contributed by atoms with Gasteiger partial charge >= 0.3 is 0 Å². The van der Waals surface area contributed by atoms with Crippen LogP contribution in [0.3, 0.4) is 0 Å². The molecule has 11 rings (SSSR count). The highest BCUT2D eigenvalue weighted by Crippen LogP contribution is 2.50. The number of aryl methyl sites for hydroxylation is 6. The van der Waals surface area contributed by atoms with Gasteiger partial charge in [0.1, 0.15) is 22.3 Å². The molecule has 0 aliphatic carbocycles. The van der Waals surface area contributed by atoms with Gasteiger partial charge in [-0.25, -0.2) is 0 Å². The Morgan fingerprint density at radius 1 is 0.283 bits per heavy atom. The van der Waals surface area contributed by atoms with Gasteiger partial charge in [-0.3, -0.25) is 0 Å². The molecular weight excluding hydrogens is 733 g/mol. The number of hydrogen-bond donors (Lipinski definition) is 0. The maximum atomic E-state index is 6.96. The zero-order chi connectivity index (χ0) is 40.8. The summed E-state index contributed by atoms with van der Waals surface area (Å²) in [7, 11) is 0. The zero-order valence-electron chi connectivity index (χ0n) is 34.7. The molecule has 2 heterocycles. The predicted octanol–water partition coefficient (Wildman–Crippen LogP) is 16.6. The van der Waals surface area contributed by atoms with E-state index in [-0.39, 0.29) is 0 Å². The number of furan rings is 2. The number of hydrogen-bond acceptors (Lipinski definition) is 4. The van der Waals surface area contributed by atoms with Crippen LogP contribution in [0, 0.1) is 41.5 Å². The number of anilines is 6. The summed E-state index contributed by atoms with van der Waals surface area (Å²) in [5.74, 6) is 0. The molecule has 4 heteroatoms. The van der Waals surface area contributed by atoms with Gasteiger partial charge in [0.25, 0.3) is 0 Å². The van der Waals surface area contributed by atoms with E-state index in [4.69, 9.17) is 8.83 Å². The van der Waals surface area contributed by atoms with E-state index >= 15 is 0 Å². The number of benzene rings is 9. The van der Waals surface area contributed by atoms with Crippen LogP contribution in [-0.4, -0.2) is 0 Å². The third-order valence-electron chi connectivity index (χ3n) is 12.0. The molecule has 0 fully saturated rings. The van der Waals surface area contributed by atoms with Crippen LogP contribution in [-0.2, 0) is 0 Å². The van der Waals surface area contributed by atoms with Crippen molar-refractivity contribution in [3.05, 3.63) is 191 Å². The quantitative estimate of drug-likeness (QED) is 0.168. The van der Waals surface area contributed by atoms with Crippen molar-refractivity contribution in [2.45, 2.75) is 41.5 Å². The minimum atomic E-state index is 0.834. The molecule has 0 spiro atoms. The van der Waals surface area contributed by atoms with E-state index in [1.54, 1.807) is 0 Å². The Hall–Kier alpha value is -7.30. The number of nitrogens with zero attached hydrogens (tertiary/aromatic N) is 2. The van der Waals surface area contributed by atoms with Crippen LogP contribution in [0.5, 0.6) is 0 Å². The Kier molecular flexibility index (Phi) is 8.15. The maximum absolute atomic E-state index is 6.96. The van der Waals surface area contributed by atoms with Crippen LogP contribution in [0.2, 0.25) is 0 Å². The monoisotopic (exact) mass is 776 g/mol. The van der Waals surface area contributed by atoms with Crippen LogP contribution < -0.4 is 9.80 Å². The smallest absolute Gasteiger partial charge is 0.138 e. The average Bonchev–Trinajstić information content (AvgIpc) is 3.80. The summed E-state index contributed by atoms with van der Waals surface area (Å²) < 4.78 is 13.9. The van der Waals surface area contributed by atoms with Gasteiger partial charge in [-0.1, -0.05) is 96.1 Å². The Bertz CT molecular complexity index is 3220. The zero-order valence-corrected chi connectivity index (χ0v) is 34.7. The minimum Gasteiger partial charge on any atom is -0.456 e. The predicted molar refractivity (Wildman–Crippen MR) is 254 cm³/mol. The molecule has 290 valence electrons. The summed E-state index contributed by atoms with van der Waals surface area (Å²) in [6.07, 6.45) is 0. The third-order valence-corrected chi connectivity index (χ3v) is 12.0. The van der Waals surface area contributed by atoms with Crippen LogP contribution in [0.4, 0.5) is 34.1 Å². The van der Waals surface area contributed by atoms with Gasteiger partial charge in [0.2, 0.25) is 0 Å². The fourth-order valence-electron chi connectivity index (χ4n) is 9.58. The standard InChI is InChI=1S/C56H44N2O2/c1-33-15-19-39(20-16-33)57(41-27-35(3)25-36(4)28-41)47-31-51-53(45-13-9-7-11-43(45)47)55-49(59-51)23-24-50-56(55)54-46-14-10-8-12-44(46)48(32-52(54)60-50)58(40-21-17-34(2)18-22-40)42-29-37(5)26-38(6)30-42/h7-32H,1-6H3.